The molecule has 1 fully saturated rings. The van der Waals surface area contributed by atoms with Gasteiger partial charge in [0.2, 0.25) is 0 Å². The number of hydrogen-bond donors (Lipinski definition) is 3. The van der Waals surface area contributed by atoms with E-state index in [-0.39, 0.29) is 12.5 Å². The fourth-order valence-electron chi connectivity index (χ4n) is 1.47. The number of carboxylic acid groups (broad SMARTS) is 1. The lowest BCUT2D eigenvalue weighted by atomic mass is 9.90. The van der Waals surface area contributed by atoms with Crippen molar-refractivity contribution in [1.29, 1.82) is 0 Å². The highest BCUT2D eigenvalue weighted by molar-refractivity contribution is 5.64. The molecule has 5 heteroatoms. The molecule has 4 nitrogen and oxygen atoms in total. The van der Waals surface area contributed by atoms with Crippen molar-refractivity contribution >= 4 is 6.09 Å². The lowest BCUT2D eigenvalue weighted by Gasteiger charge is -2.29. The number of nitrogens with two attached hydrogens (primary N) is 1. The highest BCUT2D eigenvalue weighted by Gasteiger charge is 2.29. The molecule has 12 heavy (non-hydrogen) atoms. The van der Waals surface area contributed by atoms with Gasteiger partial charge in [0.05, 0.1) is 6.04 Å². The first-order chi connectivity index (χ1) is 5.59. The zero-order valence-corrected chi connectivity index (χ0v) is 6.66. The summed E-state index contributed by atoms with van der Waals surface area (Å²) in [6, 6.07) is -0.686. The number of rotatable bonds is 1. The van der Waals surface area contributed by atoms with Gasteiger partial charge in [0.1, 0.15) is 6.17 Å². The van der Waals surface area contributed by atoms with Crippen LogP contribution in [0.1, 0.15) is 19.3 Å². The largest absolute Gasteiger partial charge is 0.465 e. The van der Waals surface area contributed by atoms with Gasteiger partial charge in [0, 0.05) is 6.04 Å². The van der Waals surface area contributed by atoms with Crippen molar-refractivity contribution in [2.24, 2.45) is 5.73 Å². The predicted molar refractivity (Wildman–Crippen MR) is 41.7 cm³/mol. The van der Waals surface area contributed by atoms with Gasteiger partial charge in [0.15, 0.2) is 0 Å². The number of amides is 1. The number of nitrogens with one attached hydrogen (secondary N) is 1. The van der Waals surface area contributed by atoms with Crippen LogP contribution >= 0.6 is 0 Å². The second-order valence-corrected chi connectivity index (χ2v) is 3.15. The van der Waals surface area contributed by atoms with E-state index in [1.165, 1.54) is 0 Å². The second kappa shape index (κ2) is 3.71. The lowest BCUT2D eigenvalue weighted by Crippen LogP contribution is -2.47. The third-order valence-corrected chi connectivity index (χ3v) is 2.12. The van der Waals surface area contributed by atoms with Crippen molar-refractivity contribution < 1.29 is 14.3 Å². The van der Waals surface area contributed by atoms with Gasteiger partial charge in [-0.25, -0.2) is 9.18 Å². The van der Waals surface area contributed by atoms with E-state index in [9.17, 15) is 9.18 Å². The van der Waals surface area contributed by atoms with Gasteiger partial charge in [-0.15, -0.1) is 0 Å². The molecule has 0 aromatic carbocycles. The van der Waals surface area contributed by atoms with Crippen LogP contribution in [0.3, 0.4) is 0 Å². The summed E-state index contributed by atoms with van der Waals surface area (Å²) in [5.74, 6) is 0. The molecule has 3 atom stereocenters. The Kier molecular flexibility index (Phi) is 2.86. The van der Waals surface area contributed by atoms with Gasteiger partial charge in [-0.2, -0.15) is 0 Å². The average molecular weight is 176 g/mol. The first-order valence-electron chi connectivity index (χ1n) is 3.98. The average Bonchev–Trinajstić information content (AvgIpc) is 1.94. The fraction of sp³-hybridized carbons (Fsp3) is 0.857. The Hall–Kier alpha value is -0.840. The minimum Gasteiger partial charge on any atom is -0.465 e. The molecular formula is C7H13FN2O2. The molecule has 0 aromatic heterocycles. The molecule has 0 saturated heterocycles. The number of hydrogen-bond acceptors (Lipinski definition) is 2. The highest BCUT2D eigenvalue weighted by atomic mass is 19.1. The molecule has 0 aliphatic heterocycles. The molecule has 0 radical (unpaired) electrons. The Morgan fingerprint density at radius 1 is 1.58 bits per heavy atom. The third kappa shape index (κ3) is 2.34. The fourth-order valence-corrected chi connectivity index (χ4v) is 1.47. The van der Waals surface area contributed by atoms with E-state index in [1.807, 2.05) is 0 Å². The summed E-state index contributed by atoms with van der Waals surface area (Å²) >= 11 is 0. The molecule has 1 amide bonds. The van der Waals surface area contributed by atoms with Crippen molar-refractivity contribution in [3.05, 3.63) is 0 Å². The lowest BCUT2D eigenvalue weighted by molar-refractivity contribution is 0.150. The Balaban J connectivity index is 2.39. The molecule has 0 aromatic rings. The third-order valence-electron chi connectivity index (χ3n) is 2.12. The van der Waals surface area contributed by atoms with Crippen molar-refractivity contribution in [1.82, 2.24) is 5.32 Å². The van der Waals surface area contributed by atoms with Gasteiger partial charge >= 0.3 is 6.09 Å². The summed E-state index contributed by atoms with van der Waals surface area (Å²) in [4.78, 5) is 10.2. The summed E-state index contributed by atoms with van der Waals surface area (Å²) in [6.45, 7) is 0. The van der Waals surface area contributed by atoms with Gasteiger partial charge < -0.3 is 16.2 Å². The SMILES string of the molecule is N[C@H]1CC[C@H](NC(=O)O)[C@@H](F)C1. The zero-order valence-electron chi connectivity index (χ0n) is 6.66. The van der Waals surface area contributed by atoms with Crippen LogP contribution in [0.25, 0.3) is 0 Å². The van der Waals surface area contributed by atoms with Crippen LogP contribution in [0.5, 0.6) is 0 Å². The summed E-state index contributed by atoms with van der Waals surface area (Å²) in [7, 11) is 0. The van der Waals surface area contributed by atoms with E-state index in [4.69, 9.17) is 10.8 Å². The monoisotopic (exact) mass is 176 g/mol. The summed E-state index contributed by atoms with van der Waals surface area (Å²) in [5.41, 5.74) is 5.50. The molecule has 0 bridgehead atoms. The normalized spacial score (nSPS) is 36.0. The molecule has 1 aliphatic carbocycles. The quantitative estimate of drug-likeness (QED) is 0.543. The highest BCUT2D eigenvalue weighted by Crippen LogP contribution is 2.20. The number of halogens is 1. The predicted octanol–water partition coefficient (Wildman–Crippen LogP) is 0.472. The number of carbonyl (C=O) groups is 1. The smallest absolute Gasteiger partial charge is 0.404 e. The van der Waals surface area contributed by atoms with Crippen LogP contribution in [-0.4, -0.2) is 29.5 Å². The minimum absolute atomic E-state index is 0.119. The van der Waals surface area contributed by atoms with E-state index >= 15 is 0 Å². The Labute approximate surface area is 69.9 Å². The topological polar surface area (TPSA) is 75.3 Å². The second-order valence-electron chi connectivity index (χ2n) is 3.15. The minimum atomic E-state index is -1.17. The maximum absolute atomic E-state index is 13.1. The van der Waals surface area contributed by atoms with Crippen LogP contribution in [-0.2, 0) is 0 Å². The van der Waals surface area contributed by atoms with Gasteiger partial charge in [0.25, 0.3) is 0 Å². The van der Waals surface area contributed by atoms with Crippen LogP contribution in [0, 0.1) is 0 Å². The number of alkyl halides is 1. The maximum atomic E-state index is 13.1. The molecule has 4 N–H and O–H groups in total. The van der Waals surface area contributed by atoms with E-state index in [2.05, 4.69) is 5.32 Å². The molecule has 1 aliphatic rings. The van der Waals surface area contributed by atoms with Gasteiger partial charge in [-0.1, -0.05) is 0 Å². The van der Waals surface area contributed by atoms with Gasteiger partial charge in [-0.3, -0.25) is 0 Å². The molecule has 70 valence electrons. The molecular weight excluding hydrogens is 163 g/mol. The van der Waals surface area contributed by atoms with E-state index in [0.29, 0.717) is 12.8 Å². The van der Waals surface area contributed by atoms with Crippen molar-refractivity contribution in [2.45, 2.75) is 37.5 Å². The van der Waals surface area contributed by atoms with E-state index in [1.54, 1.807) is 0 Å². The molecule has 1 saturated carbocycles. The summed E-state index contributed by atoms with van der Waals surface area (Å²) < 4.78 is 13.1. The standard InChI is InChI=1S/C7H13FN2O2/c8-5-3-4(9)1-2-6(5)10-7(11)12/h4-6,10H,1-3,9H2,(H,11,12)/t4-,5-,6-/m0/s1. The Morgan fingerprint density at radius 3 is 2.75 bits per heavy atom. The van der Waals surface area contributed by atoms with Crippen LogP contribution in [0.2, 0.25) is 0 Å². The summed E-state index contributed by atoms with van der Waals surface area (Å²) in [6.07, 6.45) is -0.867. The van der Waals surface area contributed by atoms with Crippen molar-refractivity contribution in [3.8, 4) is 0 Å². The van der Waals surface area contributed by atoms with Crippen molar-refractivity contribution in [2.75, 3.05) is 0 Å². The molecule has 1 rings (SSSR count). The first-order valence-corrected chi connectivity index (χ1v) is 3.98. The van der Waals surface area contributed by atoms with Crippen molar-refractivity contribution in [3.63, 3.8) is 0 Å². The van der Waals surface area contributed by atoms with Crippen LogP contribution in [0.4, 0.5) is 9.18 Å². The van der Waals surface area contributed by atoms with E-state index in [0.717, 1.165) is 0 Å². The van der Waals surface area contributed by atoms with E-state index < -0.39 is 18.3 Å². The zero-order chi connectivity index (χ0) is 9.14. The summed E-state index contributed by atoms with van der Waals surface area (Å²) in [5, 5.41) is 10.5. The van der Waals surface area contributed by atoms with Gasteiger partial charge in [-0.05, 0) is 19.3 Å². The Morgan fingerprint density at radius 2 is 2.25 bits per heavy atom. The molecule has 0 unspecified atom stereocenters. The molecule has 0 spiro atoms. The van der Waals surface area contributed by atoms with Crippen LogP contribution in [0.15, 0.2) is 0 Å². The molecule has 0 heterocycles. The Bertz CT molecular complexity index is 177. The van der Waals surface area contributed by atoms with Crippen LogP contribution < -0.4 is 11.1 Å². The first kappa shape index (κ1) is 9.25. The maximum Gasteiger partial charge on any atom is 0.404 e.